The molecule has 4 heteroatoms. The predicted molar refractivity (Wildman–Crippen MR) is 83.5 cm³/mol. The molecule has 0 unspecified atom stereocenters. The maximum absolute atomic E-state index is 12.3. The van der Waals surface area contributed by atoms with Crippen molar-refractivity contribution in [2.45, 2.75) is 13.3 Å². The third-order valence-corrected chi connectivity index (χ3v) is 5.61. The molecule has 0 atom stereocenters. The van der Waals surface area contributed by atoms with Gasteiger partial charge in [-0.1, -0.05) is 24.8 Å². The van der Waals surface area contributed by atoms with E-state index in [4.69, 9.17) is 0 Å². The van der Waals surface area contributed by atoms with Gasteiger partial charge in [0, 0.05) is 45.3 Å². The van der Waals surface area contributed by atoms with E-state index in [1.54, 1.807) is 23.9 Å². The summed E-state index contributed by atoms with van der Waals surface area (Å²) in [4.78, 5) is 25.6. The molecule has 0 radical (unpaired) electrons. The molecule has 100 valence electrons. The first-order chi connectivity index (χ1) is 9.15. The summed E-state index contributed by atoms with van der Waals surface area (Å²) in [6.07, 6.45) is 5.52. The van der Waals surface area contributed by atoms with E-state index >= 15 is 0 Å². The predicted octanol–water partition coefficient (Wildman–Crippen LogP) is 3.32. The molecule has 0 amide bonds. The standard InChI is InChI=1S/C15H16O2S2/c1-3-4-5-11-10(2)15(17)12(8-13(11)16)14-9-18-6-7-19-14/h3-5H,2,6-9H2,1H3/b4-3-,11-5+,14-12+. The van der Waals surface area contributed by atoms with E-state index in [0.29, 0.717) is 16.7 Å². The summed E-state index contributed by atoms with van der Waals surface area (Å²) in [5, 5.41) is 0. The molecule has 2 nitrogen and oxygen atoms in total. The van der Waals surface area contributed by atoms with E-state index in [0.717, 1.165) is 22.2 Å². The molecular weight excluding hydrogens is 276 g/mol. The second-order valence-corrected chi connectivity index (χ2v) is 6.61. The zero-order valence-corrected chi connectivity index (χ0v) is 12.5. The van der Waals surface area contributed by atoms with Crippen LogP contribution in [0.3, 0.4) is 0 Å². The van der Waals surface area contributed by atoms with Crippen LogP contribution in [0, 0.1) is 0 Å². The van der Waals surface area contributed by atoms with Gasteiger partial charge in [0.05, 0.1) is 0 Å². The van der Waals surface area contributed by atoms with E-state index in [1.165, 1.54) is 0 Å². The number of hydrogen-bond donors (Lipinski definition) is 0. The van der Waals surface area contributed by atoms with Crippen molar-refractivity contribution in [1.29, 1.82) is 0 Å². The molecule has 2 aliphatic rings. The highest BCUT2D eigenvalue weighted by Crippen LogP contribution is 2.36. The maximum atomic E-state index is 12.3. The molecular formula is C15H16O2S2. The van der Waals surface area contributed by atoms with Gasteiger partial charge in [-0.15, -0.1) is 11.8 Å². The van der Waals surface area contributed by atoms with Crippen molar-refractivity contribution in [2.75, 3.05) is 17.3 Å². The van der Waals surface area contributed by atoms with Crippen molar-refractivity contribution in [3.63, 3.8) is 0 Å². The average molecular weight is 292 g/mol. The van der Waals surface area contributed by atoms with Crippen molar-refractivity contribution < 1.29 is 9.59 Å². The fourth-order valence-electron chi connectivity index (χ4n) is 2.02. The van der Waals surface area contributed by atoms with Gasteiger partial charge in [-0.05, 0) is 6.92 Å². The summed E-state index contributed by atoms with van der Waals surface area (Å²) in [5.74, 6) is 2.91. The zero-order valence-electron chi connectivity index (χ0n) is 10.9. The van der Waals surface area contributed by atoms with Crippen LogP contribution in [0.15, 0.2) is 46.4 Å². The van der Waals surface area contributed by atoms with Crippen molar-refractivity contribution in [1.82, 2.24) is 0 Å². The fourth-order valence-corrected chi connectivity index (χ4v) is 4.50. The van der Waals surface area contributed by atoms with Crippen LogP contribution >= 0.6 is 23.5 Å². The zero-order chi connectivity index (χ0) is 13.8. The number of Topliss-reactive ketones (excluding diaryl/α,β-unsaturated/α-hetero) is 2. The van der Waals surface area contributed by atoms with Crippen molar-refractivity contribution in [2.24, 2.45) is 0 Å². The average Bonchev–Trinajstić information content (AvgIpc) is 2.44. The lowest BCUT2D eigenvalue weighted by molar-refractivity contribution is -0.119. The maximum Gasteiger partial charge on any atom is 0.190 e. The number of carbonyl (C=O) groups excluding carboxylic acids is 2. The van der Waals surface area contributed by atoms with Gasteiger partial charge in [-0.2, -0.15) is 11.8 Å². The molecule has 1 aliphatic heterocycles. The minimum absolute atomic E-state index is 0.00127. The number of allylic oxidation sites excluding steroid dienone is 6. The number of rotatable bonds is 1. The summed E-state index contributed by atoms with van der Waals surface area (Å²) in [7, 11) is 0. The Bertz CT molecular complexity index is 516. The first-order valence-electron chi connectivity index (χ1n) is 6.18. The largest absolute Gasteiger partial charge is 0.294 e. The molecule has 1 saturated heterocycles. The summed E-state index contributed by atoms with van der Waals surface area (Å²) in [5.41, 5.74) is 1.47. The van der Waals surface area contributed by atoms with Crippen LogP contribution in [0.1, 0.15) is 13.3 Å². The fraction of sp³-hybridized carbons (Fsp3) is 0.333. The Kier molecular flexibility index (Phi) is 4.88. The molecule has 0 spiro atoms. The van der Waals surface area contributed by atoms with Gasteiger partial charge >= 0.3 is 0 Å². The third-order valence-electron chi connectivity index (χ3n) is 3.04. The number of carbonyl (C=O) groups is 2. The Balaban J connectivity index is 2.32. The summed E-state index contributed by atoms with van der Waals surface area (Å²) >= 11 is 3.53. The Morgan fingerprint density at radius 2 is 2.05 bits per heavy atom. The molecule has 1 heterocycles. The van der Waals surface area contributed by atoms with Crippen molar-refractivity contribution in [3.8, 4) is 0 Å². The van der Waals surface area contributed by atoms with Gasteiger partial charge in [0.2, 0.25) is 0 Å². The van der Waals surface area contributed by atoms with Crippen LogP contribution in [-0.2, 0) is 9.59 Å². The Labute approximate surface area is 122 Å². The SMILES string of the molecule is C=C1C(=O)/C(=C2\CSCCS2)CC(=O)/C1=C/C=C\C. The van der Waals surface area contributed by atoms with E-state index in [-0.39, 0.29) is 18.0 Å². The monoisotopic (exact) mass is 292 g/mol. The van der Waals surface area contributed by atoms with Gasteiger partial charge in [0.1, 0.15) is 0 Å². The number of ketones is 2. The molecule has 19 heavy (non-hydrogen) atoms. The van der Waals surface area contributed by atoms with Crippen molar-refractivity contribution >= 4 is 35.1 Å². The first-order valence-corrected chi connectivity index (χ1v) is 8.32. The van der Waals surface area contributed by atoms with E-state index in [2.05, 4.69) is 6.58 Å². The van der Waals surface area contributed by atoms with Gasteiger partial charge in [-0.25, -0.2) is 0 Å². The van der Waals surface area contributed by atoms with Crippen LogP contribution in [0.5, 0.6) is 0 Å². The Hall–Kier alpha value is -1.00. The molecule has 0 bridgehead atoms. The second-order valence-electron chi connectivity index (χ2n) is 4.32. The lowest BCUT2D eigenvalue weighted by Crippen LogP contribution is -2.24. The molecule has 2 rings (SSSR count). The van der Waals surface area contributed by atoms with E-state index in [1.807, 2.05) is 24.8 Å². The van der Waals surface area contributed by atoms with Crippen LogP contribution in [0.25, 0.3) is 0 Å². The summed E-state index contributed by atoms with van der Waals surface area (Å²) in [6.45, 7) is 5.68. The van der Waals surface area contributed by atoms with Gasteiger partial charge < -0.3 is 0 Å². The topological polar surface area (TPSA) is 34.1 Å². The summed E-state index contributed by atoms with van der Waals surface area (Å²) < 4.78 is 0. The van der Waals surface area contributed by atoms with Crippen LogP contribution in [0.4, 0.5) is 0 Å². The normalized spacial score (nSPS) is 27.6. The highest BCUT2D eigenvalue weighted by Gasteiger charge is 2.31. The Morgan fingerprint density at radius 3 is 2.68 bits per heavy atom. The molecule has 1 aliphatic carbocycles. The molecule has 0 aromatic heterocycles. The van der Waals surface area contributed by atoms with E-state index < -0.39 is 0 Å². The molecule has 2 fully saturated rings. The molecule has 0 aromatic carbocycles. The van der Waals surface area contributed by atoms with Crippen LogP contribution in [-0.4, -0.2) is 28.8 Å². The number of hydrogen-bond acceptors (Lipinski definition) is 4. The lowest BCUT2D eigenvalue weighted by atomic mass is 9.84. The molecule has 0 aromatic rings. The first kappa shape index (κ1) is 14.4. The minimum Gasteiger partial charge on any atom is -0.294 e. The number of thioether (sulfide) groups is 2. The van der Waals surface area contributed by atoms with Gasteiger partial charge in [0.15, 0.2) is 11.6 Å². The third kappa shape index (κ3) is 3.12. The molecule has 1 saturated carbocycles. The molecule has 0 N–H and O–H groups in total. The Morgan fingerprint density at radius 1 is 1.26 bits per heavy atom. The second kappa shape index (κ2) is 6.44. The smallest absolute Gasteiger partial charge is 0.190 e. The lowest BCUT2D eigenvalue weighted by Gasteiger charge is -2.22. The van der Waals surface area contributed by atoms with Crippen LogP contribution in [0.2, 0.25) is 0 Å². The van der Waals surface area contributed by atoms with Gasteiger partial charge in [-0.3, -0.25) is 9.59 Å². The van der Waals surface area contributed by atoms with Gasteiger partial charge in [0.25, 0.3) is 0 Å². The van der Waals surface area contributed by atoms with Crippen LogP contribution < -0.4 is 0 Å². The summed E-state index contributed by atoms with van der Waals surface area (Å²) in [6, 6.07) is 0. The minimum atomic E-state index is -0.0552. The quantitative estimate of drug-likeness (QED) is 0.694. The highest BCUT2D eigenvalue weighted by atomic mass is 32.2. The van der Waals surface area contributed by atoms with E-state index in [9.17, 15) is 9.59 Å². The van der Waals surface area contributed by atoms with Crippen molar-refractivity contribution in [3.05, 3.63) is 46.4 Å². The highest BCUT2D eigenvalue weighted by molar-refractivity contribution is 8.09.